The highest BCUT2D eigenvalue weighted by Crippen LogP contribution is 2.27. The van der Waals surface area contributed by atoms with Gasteiger partial charge in [0.15, 0.2) is 0 Å². The Labute approximate surface area is 182 Å². The quantitative estimate of drug-likeness (QED) is 0.684. The molecule has 0 fully saturated rings. The lowest BCUT2D eigenvalue weighted by Crippen LogP contribution is -2.37. The van der Waals surface area contributed by atoms with Crippen LogP contribution >= 0.6 is 0 Å². The molecule has 2 aromatic heterocycles. The summed E-state index contributed by atoms with van der Waals surface area (Å²) >= 11 is 0. The minimum Gasteiger partial charge on any atom is -0.475 e. The molecular weight excluding hydrogens is 433 g/mol. The van der Waals surface area contributed by atoms with Crippen molar-refractivity contribution in [2.75, 3.05) is 33.9 Å². The van der Waals surface area contributed by atoms with Gasteiger partial charge in [0.25, 0.3) is 0 Å². The number of carboxylic acid groups (broad SMARTS) is 1. The number of amides is 1. The summed E-state index contributed by atoms with van der Waals surface area (Å²) in [6.07, 6.45) is -3.28. The smallest absolute Gasteiger partial charge is 0.475 e. The second-order valence-electron chi connectivity index (χ2n) is 7.34. The third-order valence-corrected chi connectivity index (χ3v) is 4.58. The summed E-state index contributed by atoms with van der Waals surface area (Å²) in [4.78, 5) is 28.8. The Bertz CT molecular complexity index is 904. The molecule has 1 atom stereocenters. The number of aromatic nitrogens is 4. The first-order valence-electron chi connectivity index (χ1n) is 9.57. The first-order chi connectivity index (χ1) is 15.0. The molecule has 1 aliphatic rings. The zero-order valence-corrected chi connectivity index (χ0v) is 17.9. The van der Waals surface area contributed by atoms with Gasteiger partial charge in [-0.1, -0.05) is 11.3 Å². The summed E-state index contributed by atoms with van der Waals surface area (Å²) in [5.41, 5.74) is 3.09. The van der Waals surface area contributed by atoms with Gasteiger partial charge in [0.1, 0.15) is 12.3 Å². The summed E-state index contributed by atoms with van der Waals surface area (Å²) in [7, 11) is 5.35. The molecule has 1 amide bonds. The van der Waals surface area contributed by atoms with Crippen LogP contribution in [0.3, 0.4) is 0 Å². The number of nitrogens with zero attached hydrogens (tertiary/aromatic N) is 6. The van der Waals surface area contributed by atoms with Crippen molar-refractivity contribution in [3.05, 3.63) is 41.5 Å². The van der Waals surface area contributed by atoms with E-state index in [0.717, 1.165) is 36.7 Å². The number of alkyl halides is 3. The van der Waals surface area contributed by atoms with Gasteiger partial charge < -0.3 is 14.7 Å². The topological polar surface area (TPSA) is 114 Å². The van der Waals surface area contributed by atoms with Gasteiger partial charge in [-0.2, -0.15) is 13.2 Å². The maximum Gasteiger partial charge on any atom is 0.490 e. The first kappa shape index (κ1) is 25.2. The highest BCUT2D eigenvalue weighted by molar-refractivity contribution is 5.76. The average molecular weight is 458 g/mol. The number of likely N-dealkylation sites (N-methyl/N-ethyl adjacent to an activating group) is 1. The summed E-state index contributed by atoms with van der Waals surface area (Å²) in [6, 6.07) is 5.93. The number of carbonyl (C=O) groups excluding carboxylic acids is 1. The number of aryl methyl sites for hydroxylation is 1. The second kappa shape index (κ2) is 11.0. The van der Waals surface area contributed by atoms with Crippen LogP contribution in [0.1, 0.15) is 23.0 Å². The van der Waals surface area contributed by atoms with Gasteiger partial charge in [-0.15, -0.1) is 5.10 Å². The first-order valence-corrected chi connectivity index (χ1v) is 9.57. The number of carbonyl (C=O) groups is 2. The second-order valence-corrected chi connectivity index (χ2v) is 7.34. The summed E-state index contributed by atoms with van der Waals surface area (Å²) < 4.78 is 39.2. The minimum absolute atomic E-state index is 0.0375. The van der Waals surface area contributed by atoms with E-state index in [1.165, 1.54) is 4.90 Å². The standard InChI is InChI=1S/C17H24N6O2.C2HF3O2/c1-21(2)16(24)12-25-11-13-8-23(9-14-6-4-5-7-18-14)10-15-17(13)22(3)20-19-15;3-2(4,5)1(6)7/h4-7,13H,8-12H2,1-3H3;(H,6,7). The molecule has 13 heteroatoms. The monoisotopic (exact) mass is 458 g/mol. The van der Waals surface area contributed by atoms with Crippen molar-refractivity contribution in [1.29, 1.82) is 0 Å². The number of carboxylic acids is 1. The summed E-state index contributed by atoms with van der Waals surface area (Å²) in [6.45, 7) is 2.87. The number of halogens is 3. The zero-order valence-electron chi connectivity index (χ0n) is 17.9. The third-order valence-electron chi connectivity index (χ3n) is 4.58. The van der Waals surface area contributed by atoms with E-state index in [-0.39, 0.29) is 18.4 Å². The molecule has 1 aliphatic heterocycles. The molecule has 1 unspecified atom stereocenters. The predicted octanol–water partition coefficient (Wildman–Crippen LogP) is 1.05. The third kappa shape index (κ3) is 7.27. The highest BCUT2D eigenvalue weighted by atomic mass is 19.4. The fourth-order valence-electron chi connectivity index (χ4n) is 3.08. The lowest BCUT2D eigenvalue weighted by Gasteiger charge is -2.31. The van der Waals surface area contributed by atoms with E-state index in [4.69, 9.17) is 14.6 Å². The fourth-order valence-corrected chi connectivity index (χ4v) is 3.08. The Morgan fingerprint density at radius 2 is 2.00 bits per heavy atom. The number of pyridine rings is 1. The molecule has 0 saturated heterocycles. The molecule has 32 heavy (non-hydrogen) atoms. The van der Waals surface area contributed by atoms with Gasteiger partial charge in [-0.25, -0.2) is 4.79 Å². The van der Waals surface area contributed by atoms with Crippen molar-refractivity contribution >= 4 is 11.9 Å². The number of hydrogen-bond donors (Lipinski definition) is 1. The number of aliphatic carboxylic acids is 1. The SMILES string of the molecule is CN(C)C(=O)COCC1CN(Cc2ccccn2)Cc2nnn(C)c21.O=C(O)C(F)(F)F. The van der Waals surface area contributed by atoms with Crippen LogP contribution in [0.25, 0.3) is 0 Å². The Balaban J connectivity index is 0.000000451. The van der Waals surface area contributed by atoms with Crippen LogP contribution in [0.15, 0.2) is 24.4 Å². The van der Waals surface area contributed by atoms with E-state index in [2.05, 4.69) is 20.2 Å². The molecule has 3 heterocycles. The lowest BCUT2D eigenvalue weighted by atomic mass is 9.99. The van der Waals surface area contributed by atoms with Gasteiger partial charge in [0.05, 0.1) is 18.0 Å². The number of rotatable bonds is 6. The maximum atomic E-state index is 11.7. The van der Waals surface area contributed by atoms with Gasteiger partial charge in [-0.05, 0) is 12.1 Å². The largest absolute Gasteiger partial charge is 0.490 e. The van der Waals surface area contributed by atoms with Crippen LogP contribution in [-0.2, 0) is 34.5 Å². The van der Waals surface area contributed by atoms with Crippen LogP contribution in [0.4, 0.5) is 13.2 Å². The molecular formula is C19H25F3N6O4. The Morgan fingerprint density at radius 1 is 1.31 bits per heavy atom. The molecule has 0 aliphatic carbocycles. The predicted molar refractivity (Wildman–Crippen MR) is 105 cm³/mol. The highest BCUT2D eigenvalue weighted by Gasteiger charge is 2.38. The van der Waals surface area contributed by atoms with Crippen LogP contribution in [0, 0.1) is 0 Å². The zero-order chi connectivity index (χ0) is 23.9. The van der Waals surface area contributed by atoms with Crippen molar-refractivity contribution in [3.8, 4) is 0 Å². The number of fused-ring (bicyclic) bond motifs is 1. The Kier molecular flexibility index (Phi) is 8.66. The normalized spacial score (nSPS) is 16.0. The van der Waals surface area contributed by atoms with Gasteiger partial charge in [0.2, 0.25) is 5.91 Å². The van der Waals surface area contributed by atoms with Crippen molar-refractivity contribution in [1.82, 2.24) is 29.8 Å². The number of hydrogen-bond acceptors (Lipinski definition) is 7. The van der Waals surface area contributed by atoms with Gasteiger partial charge in [0, 0.05) is 52.9 Å². The van der Waals surface area contributed by atoms with E-state index in [9.17, 15) is 18.0 Å². The molecule has 3 rings (SSSR count). The van der Waals surface area contributed by atoms with E-state index >= 15 is 0 Å². The van der Waals surface area contributed by atoms with E-state index in [0.29, 0.717) is 6.61 Å². The summed E-state index contributed by atoms with van der Waals surface area (Å²) in [5, 5.41) is 15.6. The minimum atomic E-state index is -5.08. The molecule has 0 radical (unpaired) electrons. The number of ether oxygens (including phenoxy) is 1. The Hall–Kier alpha value is -3.06. The van der Waals surface area contributed by atoms with E-state index in [1.807, 2.05) is 29.9 Å². The van der Waals surface area contributed by atoms with Crippen molar-refractivity contribution < 1.29 is 32.6 Å². The maximum absolute atomic E-state index is 11.7. The average Bonchev–Trinajstić information content (AvgIpc) is 3.09. The Morgan fingerprint density at radius 3 is 2.56 bits per heavy atom. The molecule has 10 nitrogen and oxygen atoms in total. The molecule has 1 N–H and O–H groups in total. The molecule has 0 saturated carbocycles. The van der Waals surface area contributed by atoms with Crippen LogP contribution in [-0.4, -0.2) is 86.8 Å². The molecule has 176 valence electrons. The van der Waals surface area contributed by atoms with Crippen molar-refractivity contribution in [2.45, 2.75) is 25.2 Å². The molecule has 2 aromatic rings. The molecule has 0 spiro atoms. The van der Waals surface area contributed by atoms with Crippen molar-refractivity contribution in [2.24, 2.45) is 7.05 Å². The molecule has 0 aromatic carbocycles. The molecule has 0 bridgehead atoms. The lowest BCUT2D eigenvalue weighted by molar-refractivity contribution is -0.192. The van der Waals surface area contributed by atoms with Crippen molar-refractivity contribution in [3.63, 3.8) is 0 Å². The fraction of sp³-hybridized carbons (Fsp3) is 0.526. The van der Waals surface area contributed by atoms with Gasteiger partial charge >= 0.3 is 12.1 Å². The van der Waals surface area contributed by atoms with Crippen LogP contribution in [0.2, 0.25) is 0 Å². The van der Waals surface area contributed by atoms with E-state index in [1.54, 1.807) is 20.3 Å². The van der Waals surface area contributed by atoms with Crippen LogP contribution < -0.4 is 0 Å². The summed E-state index contributed by atoms with van der Waals surface area (Å²) in [5.74, 6) is -2.67. The van der Waals surface area contributed by atoms with Gasteiger partial charge in [-0.3, -0.25) is 19.4 Å². The van der Waals surface area contributed by atoms with E-state index < -0.39 is 12.1 Å². The van der Waals surface area contributed by atoms with Crippen LogP contribution in [0.5, 0.6) is 0 Å².